The second kappa shape index (κ2) is 15.3. The van der Waals surface area contributed by atoms with Crippen LogP contribution in [0.2, 0.25) is 0 Å². The molecule has 0 aromatic heterocycles. The first-order chi connectivity index (χ1) is 12.7. The van der Waals surface area contributed by atoms with Crippen molar-refractivity contribution in [1.82, 2.24) is 0 Å². The van der Waals surface area contributed by atoms with Crippen LogP contribution in [0.1, 0.15) is 15.9 Å². The molecular formula is C19H26O7. The fourth-order valence-corrected chi connectivity index (χ4v) is 1.84. The second-order valence-electron chi connectivity index (χ2n) is 5.15. The van der Waals surface area contributed by atoms with Crippen LogP contribution in [0.4, 0.5) is 0 Å². The molecule has 1 rings (SSSR count). The first kappa shape index (κ1) is 22.1. The third-order valence-electron chi connectivity index (χ3n) is 3.14. The Morgan fingerprint density at radius 3 is 1.73 bits per heavy atom. The standard InChI is InChI=1S/C19H26O7/c1-2-7-22-8-9-23-10-11-24-12-13-25-14-15-26-16-17-3-5-18(6-4-17)19(20)21/h1,3-6H,7-16H2,(H,20,21). The van der Waals surface area contributed by atoms with Crippen LogP contribution in [0.5, 0.6) is 0 Å². The number of terminal acetylenes is 1. The summed E-state index contributed by atoms with van der Waals surface area (Å²) >= 11 is 0. The Morgan fingerprint density at radius 1 is 0.808 bits per heavy atom. The molecule has 1 aromatic carbocycles. The average molecular weight is 366 g/mol. The SMILES string of the molecule is C#CCOCCOCCOCCOCCOCc1ccc(C(=O)O)cc1. The molecule has 0 atom stereocenters. The summed E-state index contributed by atoms with van der Waals surface area (Å²) in [6.45, 7) is 4.62. The van der Waals surface area contributed by atoms with Crippen molar-refractivity contribution in [3.8, 4) is 12.3 Å². The van der Waals surface area contributed by atoms with Crippen molar-refractivity contribution in [2.45, 2.75) is 6.61 Å². The van der Waals surface area contributed by atoms with Crippen molar-refractivity contribution in [3.63, 3.8) is 0 Å². The number of hydrogen-bond acceptors (Lipinski definition) is 6. The first-order valence-corrected chi connectivity index (χ1v) is 8.38. The van der Waals surface area contributed by atoms with E-state index in [1.54, 1.807) is 24.3 Å². The predicted octanol–water partition coefficient (Wildman–Crippen LogP) is 1.60. The third kappa shape index (κ3) is 11.6. The number of benzene rings is 1. The molecule has 0 aliphatic carbocycles. The van der Waals surface area contributed by atoms with E-state index in [-0.39, 0.29) is 5.56 Å². The molecular weight excluding hydrogens is 340 g/mol. The van der Waals surface area contributed by atoms with Gasteiger partial charge in [0.05, 0.1) is 65.0 Å². The minimum absolute atomic E-state index is 0.264. The van der Waals surface area contributed by atoms with Crippen molar-refractivity contribution in [1.29, 1.82) is 0 Å². The smallest absolute Gasteiger partial charge is 0.335 e. The van der Waals surface area contributed by atoms with E-state index in [1.165, 1.54) is 0 Å². The van der Waals surface area contributed by atoms with Crippen LogP contribution < -0.4 is 0 Å². The number of carbonyl (C=O) groups is 1. The van der Waals surface area contributed by atoms with Gasteiger partial charge in [-0.15, -0.1) is 6.42 Å². The third-order valence-corrected chi connectivity index (χ3v) is 3.14. The summed E-state index contributed by atoms with van der Waals surface area (Å²) in [6.07, 6.45) is 5.04. The van der Waals surface area contributed by atoms with Crippen molar-refractivity contribution >= 4 is 5.97 Å². The highest BCUT2D eigenvalue weighted by atomic mass is 16.6. The van der Waals surface area contributed by atoms with Crippen molar-refractivity contribution in [3.05, 3.63) is 35.4 Å². The normalized spacial score (nSPS) is 10.6. The average Bonchev–Trinajstić information content (AvgIpc) is 2.65. The van der Waals surface area contributed by atoms with Crippen molar-refractivity contribution in [2.75, 3.05) is 59.5 Å². The second-order valence-corrected chi connectivity index (χ2v) is 5.15. The monoisotopic (exact) mass is 366 g/mol. The molecule has 0 amide bonds. The lowest BCUT2D eigenvalue weighted by Crippen LogP contribution is -2.13. The largest absolute Gasteiger partial charge is 0.478 e. The molecule has 0 bridgehead atoms. The van der Waals surface area contributed by atoms with Gasteiger partial charge in [-0.1, -0.05) is 18.1 Å². The van der Waals surface area contributed by atoms with Crippen LogP contribution in [-0.4, -0.2) is 70.5 Å². The highest BCUT2D eigenvalue weighted by Crippen LogP contribution is 2.05. The van der Waals surface area contributed by atoms with Gasteiger partial charge < -0.3 is 28.8 Å². The van der Waals surface area contributed by atoms with Gasteiger partial charge >= 0.3 is 5.97 Å². The van der Waals surface area contributed by atoms with E-state index in [1.807, 2.05) is 0 Å². The quantitative estimate of drug-likeness (QED) is 0.351. The molecule has 0 aliphatic heterocycles. The van der Waals surface area contributed by atoms with E-state index in [4.69, 9.17) is 35.2 Å². The summed E-state index contributed by atoms with van der Waals surface area (Å²) in [6, 6.07) is 6.59. The molecule has 26 heavy (non-hydrogen) atoms. The summed E-state index contributed by atoms with van der Waals surface area (Å²) in [5, 5.41) is 8.82. The molecule has 0 heterocycles. The summed E-state index contributed by atoms with van der Waals surface area (Å²) in [5.74, 6) is 1.44. The Kier molecular flexibility index (Phi) is 13.0. The van der Waals surface area contributed by atoms with Crippen LogP contribution in [0.3, 0.4) is 0 Å². The molecule has 1 aromatic rings. The summed E-state index contributed by atoms with van der Waals surface area (Å²) in [7, 11) is 0. The zero-order valence-electron chi connectivity index (χ0n) is 14.9. The van der Waals surface area contributed by atoms with Crippen molar-refractivity contribution in [2.24, 2.45) is 0 Å². The highest BCUT2D eigenvalue weighted by molar-refractivity contribution is 5.87. The Bertz CT molecular complexity index is 522. The number of aromatic carboxylic acids is 1. The zero-order chi connectivity index (χ0) is 18.9. The van der Waals surface area contributed by atoms with E-state index >= 15 is 0 Å². The van der Waals surface area contributed by atoms with Crippen LogP contribution in [0.15, 0.2) is 24.3 Å². The van der Waals surface area contributed by atoms with Crippen molar-refractivity contribution < 1.29 is 33.6 Å². The molecule has 1 N–H and O–H groups in total. The Labute approximate surface area is 154 Å². The van der Waals surface area contributed by atoms with Gasteiger partial charge in [0, 0.05) is 0 Å². The molecule has 0 saturated carbocycles. The van der Waals surface area contributed by atoms with E-state index in [9.17, 15) is 4.79 Å². The lowest BCUT2D eigenvalue weighted by molar-refractivity contribution is -0.0107. The molecule has 7 nitrogen and oxygen atoms in total. The number of rotatable bonds is 16. The lowest BCUT2D eigenvalue weighted by atomic mass is 10.1. The van der Waals surface area contributed by atoms with Crippen LogP contribution in [0.25, 0.3) is 0 Å². The van der Waals surface area contributed by atoms with Gasteiger partial charge in [0.15, 0.2) is 0 Å². The van der Waals surface area contributed by atoms with Gasteiger partial charge in [-0.2, -0.15) is 0 Å². The fourth-order valence-electron chi connectivity index (χ4n) is 1.84. The van der Waals surface area contributed by atoms with Gasteiger partial charge in [0.2, 0.25) is 0 Å². The Hall–Kier alpha value is -1.95. The van der Waals surface area contributed by atoms with Gasteiger partial charge in [0.1, 0.15) is 6.61 Å². The van der Waals surface area contributed by atoms with Crippen LogP contribution in [0, 0.1) is 12.3 Å². The molecule has 0 saturated heterocycles. The molecule has 7 heteroatoms. The maximum absolute atomic E-state index is 10.7. The van der Waals surface area contributed by atoms with Gasteiger partial charge in [-0.25, -0.2) is 4.79 Å². The number of carboxylic acids is 1. The van der Waals surface area contributed by atoms with E-state index in [0.717, 1.165) is 5.56 Å². The molecule has 0 fully saturated rings. The van der Waals surface area contributed by atoms with Gasteiger partial charge in [0.25, 0.3) is 0 Å². The fraction of sp³-hybridized carbons (Fsp3) is 0.526. The van der Waals surface area contributed by atoms with Crippen LogP contribution in [-0.2, 0) is 30.3 Å². The Morgan fingerprint density at radius 2 is 1.27 bits per heavy atom. The maximum Gasteiger partial charge on any atom is 0.335 e. The van der Waals surface area contributed by atoms with E-state index in [0.29, 0.717) is 66.1 Å². The topological polar surface area (TPSA) is 83.5 Å². The van der Waals surface area contributed by atoms with Gasteiger partial charge in [-0.05, 0) is 17.7 Å². The number of carboxylic acid groups (broad SMARTS) is 1. The summed E-state index contributed by atoms with van der Waals surface area (Å²) < 4.78 is 26.6. The number of hydrogen-bond donors (Lipinski definition) is 1. The first-order valence-electron chi connectivity index (χ1n) is 8.38. The minimum Gasteiger partial charge on any atom is -0.478 e. The Balaban J connectivity index is 1.83. The van der Waals surface area contributed by atoms with Gasteiger partial charge in [-0.3, -0.25) is 0 Å². The van der Waals surface area contributed by atoms with E-state index < -0.39 is 5.97 Å². The molecule has 0 unspecified atom stereocenters. The summed E-state index contributed by atoms with van der Waals surface area (Å²) in [5.41, 5.74) is 1.18. The highest BCUT2D eigenvalue weighted by Gasteiger charge is 2.01. The summed E-state index contributed by atoms with van der Waals surface area (Å²) in [4.78, 5) is 10.7. The zero-order valence-corrected chi connectivity index (χ0v) is 14.9. The lowest BCUT2D eigenvalue weighted by Gasteiger charge is -2.08. The number of ether oxygens (including phenoxy) is 5. The molecule has 144 valence electrons. The predicted molar refractivity (Wildman–Crippen MR) is 95.2 cm³/mol. The molecule has 0 radical (unpaired) electrons. The molecule has 0 spiro atoms. The maximum atomic E-state index is 10.7. The molecule has 0 aliphatic rings. The van der Waals surface area contributed by atoms with E-state index in [2.05, 4.69) is 5.92 Å². The minimum atomic E-state index is -0.936. The van der Waals surface area contributed by atoms with Crippen LogP contribution >= 0.6 is 0 Å².